The van der Waals surface area contributed by atoms with E-state index in [9.17, 15) is 0 Å². The number of nitrogens with one attached hydrogen (secondary N) is 2. The van der Waals surface area contributed by atoms with Crippen molar-refractivity contribution in [3.8, 4) is 0 Å². The highest BCUT2D eigenvalue weighted by Gasteiger charge is 2.21. The van der Waals surface area contributed by atoms with E-state index in [-0.39, 0.29) is 0 Å². The number of hydrogen-bond acceptors (Lipinski definition) is 4. The summed E-state index contributed by atoms with van der Waals surface area (Å²) >= 11 is 6.13. The van der Waals surface area contributed by atoms with Gasteiger partial charge in [-0.15, -0.1) is 0 Å². The monoisotopic (exact) mass is 288 g/mol. The van der Waals surface area contributed by atoms with Crippen LogP contribution in [-0.4, -0.2) is 16.0 Å². The van der Waals surface area contributed by atoms with Crippen LogP contribution in [-0.2, 0) is 0 Å². The van der Waals surface area contributed by atoms with Crippen molar-refractivity contribution in [3.05, 3.63) is 40.5 Å². The quantitative estimate of drug-likeness (QED) is 0.890. The van der Waals surface area contributed by atoms with E-state index in [0.29, 0.717) is 12.0 Å². The van der Waals surface area contributed by atoms with Crippen molar-refractivity contribution in [2.45, 2.75) is 32.7 Å². The molecule has 3 rings (SSSR count). The first-order valence-electron chi connectivity index (χ1n) is 6.75. The Morgan fingerprint density at radius 1 is 1.15 bits per heavy atom. The minimum atomic E-state index is 0.575. The summed E-state index contributed by atoms with van der Waals surface area (Å²) in [6.45, 7) is 3.94. The molecule has 1 heterocycles. The number of halogens is 1. The zero-order chi connectivity index (χ0) is 14.1. The van der Waals surface area contributed by atoms with Crippen LogP contribution < -0.4 is 10.6 Å². The summed E-state index contributed by atoms with van der Waals surface area (Å²) < 4.78 is 0. The van der Waals surface area contributed by atoms with Crippen LogP contribution >= 0.6 is 11.6 Å². The number of nitrogens with zero attached hydrogens (tertiary/aromatic N) is 2. The Kier molecular flexibility index (Phi) is 3.49. The Hall–Kier alpha value is -1.81. The highest BCUT2D eigenvalue weighted by molar-refractivity contribution is 6.31. The van der Waals surface area contributed by atoms with Gasteiger partial charge in [0.1, 0.15) is 5.82 Å². The zero-order valence-corrected chi connectivity index (χ0v) is 12.3. The van der Waals surface area contributed by atoms with E-state index in [2.05, 4.69) is 20.6 Å². The van der Waals surface area contributed by atoms with Gasteiger partial charge in [0.15, 0.2) is 0 Å². The maximum absolute atomic E-state index is 6.13. The molecular weight excluding hydrogens is 272 g/mol. The lowest BCUT2D eigenvalue weighted by molar-refractivity contribution is 1.06. The smallest absolute Gasteiger partial charge is 0.229 e. The first-order chi connectivity index (χ1) is 9.60. The van der Waals surface area contributed by atoms with Crippen LogP contribution in [0.25, 0.3) is 0 Å². The van der Waals surface area contributed by atoms with Crippen molar-refractivity contribution in [2.75, 3.05) is 10.6 Å². The van der Waals surface area contributed by atoms with E-state index in [1.165, 1.54) is 12.8 Å². The second-order valence-corrected chi connectivity index (χ2v) is 5.63. The maximum Gasteiger partial charge on any atom is 0.229 e. The molecule has 5 heteroatoms. The molecule has 2 N–H and O–H groups in total. The normalized spacial score (nSPS) is 14.2. The molecule has 0 aliphatic heterocycles. The average Bonchev–Trinajstić information content (AvgIpc) is 3.17. The fourth-order valence-electron chi connectivity index (χ4n) is 1.93. The van der Waals surface area contributed by atoms with E-state index >= 15 is 0 Å². The van der Waals surface area contributed by atoms with Gasteiger partial charge in [-0.25, -0.2) is 4.98 Å². The summed E-state index contributed by atoms with van der Waals surface area (Å²) in [5, 5.41) is 7.32. The van der Waals surface area contributed by atoms with Crippen LogP contribution in [0.2, 0.25) is 5.02 Å². The molecule has 20 heavy (non-hydrogen) atoms. The number of aromatic nitrogens is 2. The molecule has 0 unspecified atom stereocenters. The zero-order valence-electron chi connectivity index (χ0n) is 11.6. The Morgan fingerprint density at radius 3 is 2.65 bits per heavy atom. The Labute approximate surface area is 123 Å². The van der Waals surface area contributed by atoms with Gasteiger partial charge in [0.2, 0.25) is 5.95 Å². The third-order valence-electron chi connectivity index (χ3n) is 3.21. The Morgan fingerprint density at radius 2 is 1.95 bits per heavy atom. The van der Waals surface area contributed by atoms with Gasteiger partial charge in [-0.05, 0) is 44.4 Å². The average molecular weight is 289 g/mol. The van der Waals surface area contributed by atoms with Gasteiger partial charge in [-0.3, -0.25) is 0 Å². The molecule has 0 atom stereocenters. The summed E-state index contributed by atoms with van der Waals surface area (Å²) in [6.07, 6.45) is 2.44. The Bertz CT molecular complexity index is 638. The molecule has 0 amide bonds. The van der Waals surface area contributed by atoms with Gasteiger partial charge >= 0.3 is 0 Å². The van der Waals surface area contributed by atoms with Crippen molar-refractivity contribution in [2.24, 2.45) is 0 Å². The summed E-state index contributed by atoms with van der Waals surface area (Å²) in [4.78, 5) is 8.89. The van der Waals surface area contributed by atoms with Crippen molar-refractivity contribution in [1.29, 1.82) is 0 Å². The summed E-state index contributed by atoms with van der Waals surface area (Å²) in [7, 11) is 0. The van der Waals surface area contributed by atoms with Crippen LogP contribution in [0, 0.1) is 13.8 Å². The minimum absolute atomic E-state index is 0.575. The van der Waals surface area contributed by atoms with Crippen LogP contribution in [0.1, 0.15) is 24.1 Å². The van der Waals surface area contributed by atoms with E-state index in [0.717, 1.165) is 27.8 Å². The van der Waals surface area contributed by atoms with E-state index in [1.807, 2.05) is 38.1 Å². The predicted molar refractivity (Wildman–Crippen MR) is 82.9 cm³/mol. The molecule has 2 aromatic rings. The highest BCUT2D eigenvalue weighted by atomic mass is 35.5. The number of benzene rings is 1. The third kappa shape index (κ3) is 3.20. The number of aryl methyl sites for hydroxylation is 2. The fraction of sp³-hybridized carbons (Fsp3) is 0.333. The highest BCUT2D eigenvalue weighted by Crippen LogP contribution is 2.25. The van der Waals surface area contributed by atoms with Crippen molar-refractivity contribution in [3.63, 3.8) is 0 Å². The molecule has 0 spiro atoms. The largest absolute Gasteiger partial charge is 0.367 e. The second-order valence-electron chi connectivity index (χ2n) is 5.23. The third-order valence-corrected chi connectivity index (χ3v) is 3.62. The maximum atomic E-state index is 6.13. The van der Waals surface area contributed by atoms with E-state index in [4.69, 9.17) is 11.6 Å². The van der Waals surface area contributed by atoms with Crippen LogP contribution in [0.4, 0.5) is 17.5 Å². The van der Waals surface area contributed by atoms with Gasteiger partial charge in [0.25, 0.3) is 0 Å². The topological polar surface area (TPSA) is 49.8 Å². The molecule has 104 valence electrons. The minimum Gasteiger partial charge on any atom is -0.367 e. The molecule has 0 saturated heterocycles. The van der Waals surface area contributed by atoms with Gasteiger partial charge in [-0.2, -0.15) is 4.98 Å². The lowest BCUT2D eigenvalue weighted by atomic mass is 10.2. The first-order valence-corrected chi connectivity index (χ1v) is 7.13. The van der Waals surface area contributed by atoms with Gasteiger partial charge in [0, 0.05) is 28.5 Å². The molecule has 1 aliphatic carbocycles. The molecule has 1 aliphatic rings. The van der Waals surface area contributed by atoms with Crippen LogP contribution in [0.3, 0.4) is 0 Å². The molecule has 1 saturated carbocycles. The fourth-order valence-corrected chi connectivity index (χ4v) is 2.12. The standard InChI is InChI=1S/C15H17ClN4/c1-9-3-4-12(8-13(9)16)19-15-17-10(2)7-14(20-15)18-11-5-6-11/h3-4,7-8,11H,5-6H2,1-2H3,(H2,17,18,19,20). The number of rotatable bonds is 4. The van der Waals surface area contributed by atoms with Gasteiger partial charge in [0.05, 0.1) is 0 Å². The summed E-state index contributed by atoms with van der Waals surface area (Å²) in [5.74, 6) is 1.47. The Balaban J connectivity index is 1.81. The SMILES string of the molecule is Cc1cc(NC2CC2)nc(Nc2ccc(C)c(Cl)c2)n1. The van der Waals surface area contributed by atoms with Crippen molar-refractivity contribution in [1.82, 2.24) is 9.97 Å². The van der Waals surface area contributed by atoms with E-state index < -0.39 is 0 Å². The molecule has 1 fully saturated rings. The van der Waals surface area contributed by atoms with Crippen molar-refractivity contribution >= 4 is 29.1 Å². The first kappa shape index (κ1) is 13.2. The number of anilines is 3. The van der Waals surface area contributed by atoms with E-state index in [1.54, 1.807) is 0 Å². The lowest BCUT2D eigenvalue weighted by Crippen LogP contribution is -2.06. The molecule has 1 aromatic carbocycles. The van der Waals surface area contributed by atoms with Crippen LogP contribution in [0.5, 0.6) is 0 Å². The lowest BCUT2D eigenvalue weighted by Gasteiger charge is -2.10. The second kappa shape index (κ2) is 5.29. The summed E-state index contributed by atoms with van der Waals surface area (Å²) in [5.41, 5.74) is 2.88. The van der Waals surface area contributed by atoms with Crippen molar-refractivity contribution < 1.29 is 0 Å². The molecular formula is C15H17ClN4. The number of hydrogen-bond donors (Lipinski definition) is 2. The van der Waals surface area contributed by atoms with Crippen LogP contribution in [0.15, 0.2) is 24.3 Å². The van der Waals surface area contributed by atoms with Gasteiger partial charge < -0.3 is 10.6 Å². The van der Waals surface area contributed by atoms with Gasteiger partial charge in [-0.1, -0.05) is 17.7 Å². The summed E-state index contributed by atoms with van der Waals surface area (Å²) in [6, 6.07) is 8.37. The molecule has 0 radical (unpaired) electrons. The molecule has 0 bridgehead atoms. The molecule has 1 aromatic heterocycles. The predicted octanol–water partition coefficient (Wildman–Crippen LogP) is 4.06. The molecule has 4 nitrogen and oxygen atoms in total.